The molecule has 0 fully saturated rings. The zero-order valence-corrected chi connectivity index (χ0v) is 16.6. The highest BCUT2D eigenvalue weighted by Crippen LogP contribution is 2.29. The van der Waals surface area contributed by atoms with Crippen LogP contribution in [0.25, 0.3) is 34.0 Å². The van der Waals surface area contributed by atoms with Crippen molar-refractivity contribution in [3.05, 3.63) is 71.9 Å². The molecule has 0 unspecified atom stereocenters. The van der Waals surface area contributed by atoms with E-state index in [1.165, 1.54) is 5.56 Å². The molecular weight excluding hydrogens is 381 g/mol. The Balaban J connectivity index is 1.58. The molecule has 0 aliphatic rings. The molecule has 0 bridgehead atoms. The second-order valence-corrected chi connectivity index (χ2v) is 6.99. The van der Waals surface area contributed by atoms with E-state index in [1.807, 2.05) is 55.5 Å². The van der Waals surface area contributed by atoms with E-state index in [0.29, 0.717) is 35.9 Å². The fraction of sp³-hybridized carbons (Fsp3) is 0.174. The maximum Gasteiger partial charge on any atom is 0.189 e. The number of nitrogens with two attached hydrogens (primary N) is 1. The van der Waals surface area contributed by atoms with E-state index in [1.54, 1.807) is 12.3 Å². The molecule has 152 valence electrons. The first-order valence-corrected chi connectivity index (χ1v) is 9.66. The third-order valence-corrected chi connectivity index (χ3v) is 4.74. The first kappa shape index (κ1) is 19.7. The summed E-state index contributed by atoms with van der Waals surface area (Å²) in [5, 5.41) is 7.19. The lowest BCUT2D eigenvalue weighted by Gasteiger charge is -2.05. The largest absolute Gasteiger partial charge is 0.382 e. The van der Waals surface area contributed by atoms with Gasteiger partial charge in [-0.1, -0.05) is 59.3 Å². The van der Waals surface area contributed by atoms with Crippen LogP contribution < -0.4 is 11.1 Å². The normalized spacial score (nSPS) is 11.0. The predicted molar refractivity (Wildman–Crippen MR) is 115 cm³/mol. The Morgan fingerprint density at radius 3 is 2.43 bits per heavy atom. The number of aromatic nitrogens is 3. The number of halogens is 1. The number of nitrogen functional groups attached to an aromatic ring is 1. The molecule has 0 radical (unpaired) electrons. The van der Waals surface area contributed by atoms with Gasteiger partial charge in [-0.2, -0.15) is 0 Å². The summed E-state index contributed by atoms with van der Waals surface area (Å²) < 4.78 is 17.7. The van der Waals surface area contributed by atoms with Crippen LogP contribution in [-0.2, 0) is 6.54 Å². The summed E-state index contributed by atoms with van der Waals surface area (Å²) >= 11 is 0. The lowest BCUT2D eigenvalue weighted by atomic mass is 10.1. The van der Waals surface area contributed by atoms with E-state index < -0.39 is 0 Å². The van der Waals surface area contributed by atoms with Gasteiger partial charge in [0.1, 0.15) is 12.4 Å². The summed E-state index contributed by atoms with van der Waals surface area (Å²) in [5.41, 5.74) is 12.0. The highest BCUT2D eigenvalue weighted by molar-refractivity contribution is 5.73. The van der Waals surface area contributed by atoms with Crippen LogP contribution in [0.4, 0.5) is 10.2 Å². The molecule has 30 heavy (non-hydrogen) atoms. The molecule has 0 spiro atoms. The molecular formula is C23H22FN5O. The molecule has 2 aromatic carbocycles. The van der Waals surface area contributed by atoms with Crippen molar-refractivity contribution in [3.63, 3.8) is 0 Å². The Bertz CT molecular complexity index is 1120. The minimum atomic E-state index is -0.378. The van der Waals surface area contributed by atoms with Crippen molar-refractivity contribution < 1.29 is 8.91 Å². The molecule has 0 saturated carbocycles. The van der Waals surface area contributed by atoms with Gasteiger partial charge in [0.15, 0.2) is 17.3 Å². The quantitative estimate of drug-likeness (QED) is 0.444. The van der Waals surface area contributed by atoms with Crippen LogP contribution in [0.1, 0.15) is 11.1 Å². The predicted octanol–water partition coefficient (Wildman–Crippen LogP) is 4.42. The van der Waals surface area contributed by atoms with Crippen molar-refractivity contribution in [3.8, 4) is 34.0 Å². The van der Waals surface area contributed by atoms with Crippen LogP contribution in [-0.4, -0.2) is 28.3 Å². The van der Waals surface area contributed by atoms with Gasteiger partial charge in [-0.25, -0.2) is 14.4 Å². The molecule has 2 aromatic heterocycles. The van der Waals surface area contributed by atoms with Gasteiger partial charge in [-0.3, -0.25) is 0 Å². The number of hydrogen-bond acceptors (Lipinski definition) is 6. The van der Waals surface area contributed by atoms with E-state index in [2.05, 4.69) is 20.4 Å². The third-order valence-electron chi connectivity index (χ3n) is 4.74. The Hall–Kier alpha value is -3.58. The molecule has 0 aliphatic heterocycles. The Morgan fingerprint density at radius 2 is 1.70 bits per heavy atom. The van der Waals surface area contributed by atoms with Crippen LogP contribution in [0, 0.1) is 6.92 Å². The molecule has 0 aliphatic carbocycles. The minimum absolute atomic E-state index is 0.280. The first-order valence-electron chi connectivity index (χ1n) is 9.66. The molecule has 4 rings (SSSR count). The van der Waals surface area contributed by atoms with Crippen LogP contribution in [0.3, 0.4) is 0 Å². The molecule has 4 aromatic rings. The second-order valence-electron chi connectivity index (χ2n) is 6.99. The summed E-state index contributed by atoms with van der Waals surface area (Å²) in [5.74, 6) is 0.737. The smallest absolute Gasteiger partial charge is 0.189 e. The van der Waals surface area contributed by atoms with E-state index in [9.17, 15) is 4.39 Å². The Morgan fingerprint density at radius 1 is 1.00 bits per heavy atom. The van der Waals surface area contributed by atoms with Crippen LogP contribution >= 0.6 is 0 Å². The second kappa shape index (κ2) is 8.84. The number of hydrogen-bond donors (Lipinski definition) is 2. The zero-order chi connectivity index (χ0) is 20.9. The van der Waals surface area contributed by atoms with Gasteiger partial charge in [0.05, 0.1) is 11.9 Å². The average molecular weight is 403 g/mol. The summed E-state index contributed by atoms with van der Waals surface area (Å²) in [6.07, 6.45) is 1.65. The Labute approximate surface area is 174 Å². The van der Waals surface area contributed by atoms with Crippen molar-refractivity contribution in [2.45, 2.75) is 13.5 Å². The topological polar surface area (TPSA) is 89.9 Å². The lowest BCUT2D eigenvalue weighted by Crippen LogP contribution is -2.15. The van der Waals surface area contributed by atoms with Crippen molar-refractivity contribution in [1.29, 1.82) is 0 Å². The van der Waals surface area contributed by atoms with E-state index in [-0.39, 0.29) is 12.5 Å². The van der Waals surface area contributed by atoms with Crippen LogP contribution in [0.2, 0.25) is 0 Å². The van der Waals surface area contributed by atoms with Crippen molar-refractivity contribution in [2.24, 2.45) is 0 Å². The monoisotopic (exact) mass is 403 g/mol. The molecule has 2 heterocycles. The number of aryl methyl sites for hydroxylation is 1. The van der Waals surface area contributed by atoms with Crippen LogP contribution in [0.15, 0.2) is 65.3 Å². The highest BCUT2D eigenvalue weighted by Gasteiger charge is 2.15. The van der Waals surface area contributed by atoms with Gasteiger partial charge in [0.25, 0.3) is 0 Å². The molecule has 0 amide bonds. The maximum absolute atomic E-state index is 12.2. The Kier molecular flexibility index (Phi) is 5.81. The standard InChI is InChI=1S/C23H22FN5O/c1-15-2-6-18(7-3-15)20-14-27-23(25)22(28-20)21-12-19(29-30-21)17-8-4-16(5-9-17)13-26-11-10-24/h2-9,12,14,26H,10-11,13H2,1H3,(H2,25,27). The highest BCUT2D eigenvalue weighted by atomic mass is 19.1. The lowest BCUT2D eigenvalue weighted by molar-refractivity contribution is 0.434. The van der Waals surface area contributed by atoms with Gasteiger partial charge in [0, 0.05) is 30.3 Å². The zero-order valence-electron chi connectivity index (χ0n) is 16.6. The average Bonchev–Trinajstić information content (AvgIpc) is 3.25. The number of rotatable bonds is 7. The molecule has 7 heteroatoms. The summed E-state index contributed by atoms with van der Waals surface area (Å²) in [6.45, 7) is 2.62. The first-order chi connectivity index (χ1) is 14.6. The summed E-state index contributed by atoms with van der Waals surface area (Å²) in [7, 11) is 0. The molecule has 3 N–H and O–H groups in total. The third kappa shape index (κ3) is 4.36. The van der Waals surface area contributed by atoms with Gasteiger partial charge < -0.3 is 15.6 Å². The maximum atomic E-state index is 12.2. The fourth-order valence-corrected chi connectivity index (χ4v) is 3.06. The van der Waals surface area contributed by atoms with Gasteiger partial charge >= 0.3 is 0 Å². The van der Waals surface area contributed by atoms with E-state index >= 15 is 0 Å². The summed E-state index contributed by atoms with van der Waals surface area (Å²) in [4.78, 5) is 8.92. The molecule has 6 nitrogen and oxygen atoms in total. The summed E-state index contributed by atoms with van der Waals surface area (Å²) in [6, 6.07) is 17.7. The molecule has 0 saturated heterocycles. The molecule has 0 atom stereocenters. The SMILES string of the molecule is Cc1ccc(-c2cnc(N)c(-c3cc(-c4ccc(CNCCF)cc4)no3)n2)cc1. The fourth-order valence-electron chi connectivity index (χ4n) is 3.06. The van der Waals surface area contributed by atoms with E-state index in [4.69, 9.17) is 10.3 Å². The number of benzene rings is 2. The van der Waals surface area contributed by atoms with Gasteiger partial charge in [-0.15, -0.1) is 0 Å². The van der Waals surface area contributed by atoms with Gasteiger partial charge in [0.2, 0.25) is 0 Å². The van der Waals surface area contributed by atoms with Crippen LogP contribution in [0.5, 0.6) is 0 Å². The minimum Gasteiger partial charge on any atom is -0.382 e. The van der Waals surface area contributed by atoms with Crippen molar-refractivity contribution in [1.82, 2.24) is 20.4 Å². The van der Waals surface area contributed by atoms with Crippen molar-refractivity contribution >= 4 is 5.82 Å². The van der Waals surface area contributed by atoms with E-state index in [0.717, 1.165) is 16.7 Å². The number of alkyl halides is 1. The number of anilines is 1. The van der Waals surface area contributed by atoms with Gasteiger partial charge in [-0.05, 0) is 12.5 Å². The number of nitrogens with zero attached hydrogens (tertiary/aromatic N) is 3. The van der Waals surface area contributed by atoms with Crippen molar-refractivity contribution in [2.75, 3.05) is 19.0 Å². The number of nitrogens with one attached hydrogen (secondary N) is 1.